The summed E-state index contributed by atoms with van der Waals surface area (Å²) in [4.78, 5) is 11.6. The van der Waals surface area contributed by atoms with Gasteiger partial charge in [0.15, 0.2) is 5.82 Å². The summed E-state index contributed by atoms with van der Waals surface area (Å²) in [6, 6.07) is 2.37. The number of aromatic nitrogens is 4. The van der Waals surface area contributed by atoms with E-state index in [0.29, 0.717) is 6.04 Å². The fourth-order valence-electron chi connectivity index (χ4n) is 4.01. The molecule has 0 amide bonds. The van der Waals surface area contributed by atoms with Crippen molar-refractivity contribution < 1.29 is 0 Å². The average Bonchev–Trinajstić information content (AvgIpc) is 2.85. The van der Waals surface area contributed by atoms with Gasteiger partial charge in [-0.05, 0) is 45.1 Å². The molecule has 1 aliphatic rings. The van der Waals surface area contributed by atoms with E-state index in [1.165, 1.54) is 19.5 Å². The maximum Gasteiger partial charge on any atom is 0.174 e. The molecule has 0 radical (unpaired) electrons. The third-order valence-corrected chi connectivity index (χ3v) is 4.72. The van der Waals surface area contributed by atoms with E-state index in [-0.39, 0.29) is 0 Å². The van der Waals surface area contributed by atoms with Crippen LogP contribution in [-0.4, -0.2) is 50.3 Å². The Labute approximate surface area is 150 Å². The van der Waals surface area contributed by atoms with Crippen molar-refractivity contribution in [2.24, 2.45) is 11.8 Å². The van der Waals surface area contributed by atoms with E-state index in [0.717, 1.165) is 41.4 Å². The first-order chi connectivity index (χ1) is 11.9. The molecule has 1 aliphatic heterocycles. The van der Waals surface area contributed by atoms with Gasteiger partial charge in [0.2, 0.25) is 0 Å². The molecule has 0 bridgehead atoms. The number of rotatable bonds is 5. The van der Waals surface area contributed by atoms with Crippen molar-refractivity contribution in [1.82, 2.24) is 24.6 Å². The Morgan fingerprint density at radius 2 is 1.92 bits per heavy atom. The Balaban J connectivity index is 1.64. The summed E-state index contributed by atoms with van der Waals surface area (Å²) in [5.41, 5.74) is 2.05. The van der Waals surface area contributed by atoms with E-state index < -0.39 is 0 Å². The molecule has 3 atom stereocenters. The first-order valence-electron chi connectivity index (χ1n) is 9.25. The van der Waals surface area contributed by atoms with Crippen LogP contribution in [0.2, 0.25) is 0 Å². The smallest absolute Gasteiger partial charge is 0.174 e. The molecule has 6 nitrogen and oxygen atoms in total. The lowest BCUT2D eigenvalue weighted by Gasteiger charge is -2.36. The molecule has 1 fully saturated rings. The Morgan fingerprint density at radius 1 is 1.20 bits per heavy atom. The molecule has 3 unspecified atom stereocenters. The number of hydrogen-bond donors (Lipinski definition) is 1. The molecule has 3 heterocycles. The van der Waals surface area contributed by atoms with Crippen molar-refractivity contribution >= 4 is 5.82 Å². The predicted molar refractivity (Wildman–Crippen MR) is 101 cm³/mol. The van der Waals surface area contributed by atoms with Gasteiger partial charge in [0.25, 0.3) is 0 Å². The highest BCUT2D eigenvalue weighted by Gasteiger charge is 2.23. The van der Waals surface area contributed by atoms with Gasteiger partial charge in [-0.25, -0.2) is 9.67 Å². The summed E-state index contributed by atoms with van der Waals surface area (Å²) in [6.07, 6.45) is 4.88. The maximum absolute atomic E-state index is 4.69. The number of likely N-dealkylation sites (tertiary alicyclic amines) is 1. The lowest BCUT2D eigenvalue weighted by molar-refractivity contribution is 0.138. The zero-order valence-electron chi connectivity index (χ0n) is 16.0. The van der Waals surface area contributed by atoms with Crippen LogP contribution in [0.5, 0.6) is 0 Å². The van der Waals surface area contributed by atoms with Gasteiger partial charge in [-0.15, -0.1) is 0 Å². The molecule has 25 heavy (non-hydrogen) atoms. The topological polar surface area (TPSA) is 58.9 Å². The fourth-order valence-corrected chi connectivity index (χ4v) is 4.01. The van der Waals surface area contributed by atoms with Gasteiger partial charge in [-0.3, -0.25) is 4.98 Å². The number of nitrogens with one attached hydrogen (secondary N) is 1. The SMILES string of the molecule is Cc1cc(C)n(-c2cncc(NC(C)CN3CC(C)CC(C)C3)n2)n1. The van der Waals surface area contributed by atoms with Crippen LogP contribution in [0.4, 0.5) is 5.82 Å². The number of nitrogens with zero attached hydrogens (tertiary/aromatic N) is 5. The van der Waals surface area contributed by atoms with Crippen LogP contribution in [-0.2, 0) is 0 Å². The van der Waals surface area contributed by atoms with E-state index in [2.05, 4.69) is 46.1 Å². The lowest BCUT2D eigenvalue weighted by atomic mass is 9.92. The Kier molecular flexibility index (Phi) is 5.37. The highest BCUT2D eigenvalue weighted by molar-refractivity contribution is 5.37. The van der Waals surface area contributed by atoms with Crippen LogP contribution in [0, 0.1) is 25.7 Å². The minimum absolute atomic E-state index is 0.322. The van der Waals surface area contributed by atoms with E-state index >= 15 is 0 Å². The minimum atomic E-state index is 0.322. The molecule has 0 saturated carbocycles. The second-order valence-corrected chi connectivity index (χ2v) is 7.81. The predicted octanol–water partition coefficient (Wildman–Crippen LogP) is 3.06. The van der Waals surface area contributed by atoms with E-state index in [1.807, 2.05) is 24.6 Å². The van der Waals surface area contributed by atoms with Gasteiger partial charge in [-0.1, -0.05) is 13.8 Å². The molecule has 0 aromatic carbocycles. The van der Waals surface area contributed by atoms with Crippen LogP contribution in [0.1, 0.15) is 38.6 Å². The minimum Gasteiger partial charge on any atom is -0.365 e. The Morgan fingerprint density at radius 3 is 2.56 bits per heavy atom. The zero-order valence-corrected chi connectivity index (χ0v) is 16.0. The van der Waals surface area contributed by atoms with Crippen LogP contribution in [0.15, 0.2) is 18.5 Å². The standard InChI is InChI=1S/C19H30N6/c1-13-6-14(2)11-24(10-13)12-16(4)21-18-8-20-9-19(22-18)25-17(5)7-15(3)23-25/h7-9,13-14,16H,6,10-12H2,1-5H3,(H,21,22). The van der Waals surface area contributed by atoms with Gasteiger partial charge >= 0.3 is 0 Å². The summed E-state index contributed by atoms with van der Waals surface area (Å²) in [7, 11) is 0. The molecule has 0 spiro atoms. The summed E-state index contributed by atoms with van der Waals surface area (Å²) in [5.74, 6) is 3.12. The van der Waals surface area contributed by atoms with E-state index in [4.69, 9.17) is 0 Å². The largest absolute Gasteiger partial charge is 0.365 e. The van der Waals surface area contributed by atoms with Gasteiger partial charge in [0, 0.05) is 31.4 Å². The van der Waals surface area contributed by atoms with Gasteiger partial charge < -0.3 is 10.2 Å². The van der Waals surface area contributed by atoms with Crippen molar-refractivity contribution in [3.63, 3.8) is 0 Å². The summed E-state index contributed by atoms with van der Waals surface area (Å²) in [6.45, 7) is 14.3. The third-order valence-electron chi connectivity index (χ3n) is 4.72. The van der Waals surface area contributed by atoms with Crippen molar-refractivity contribution in [2.75, 3.05) is 25.0 Å². The summed E-state index contributed by atoms with van der Waals surface area (Å²) < 4.78 is 1.84. The number of hydrogen-bond acceptors (Lipinski definition) is 5. The normalized spacial score (nSPS) is 22.8. The van der Waals surface area contributed by atoms with Crippen LogP contribution in [0.25, 0.3) is 5.82 Å². The number of aryl methyl sites for hydroxylation is 2. The van der Waals surface area contributed by atoms with Gasteiger partial charge in [0.1, 0.15) is 5.82 Å². The van der Waals surface area contributed by atoms with Crippen LogP contribution < -0.4 is 5.32 Å². The molecule has 136 valence electrons. The molecule has 6 heteroatoms. The van der Waals surface area contributed by atoms with Crippen molar-refractivity contribution in [2.45, 2.75) is 47.1 Å². The molecular weight excluding hydrogens is 312 g/mol. The molecule has 0 aliphatic carbocycles. The highest BCUT2D eigenvalue weighted by atomic mass is 15.3. The molecule has 2 aromatic heterocycles. The van der Waals surface area contributed by atoms with E-state index in [9.17, 15) is 0 Å². The summed E-state index contributed by atoms with van der Waals surface area (Å²) >= 11 is 0. The molecule has 1 N–H and O–H groups in total. The summed E-state index contributed by atoms with van der Waals surface area (Å²) in [5, 5.41) is 7.99. The Bertz CT molecular complexity index is 700. The third kappa shape index (κ3) is 4.57. The highest BCUT2D eigenvalue weighted by Crippen LogP contribution is 2.21. The molecule has 3 rings (SSSR count). The molecule has 1 saturated heterocycles. The van der Waals surface area contributed by atoms with Crippen molar-refractivity contribution in [3.8, 4) is 5.82 Å². The van der Waals surface area contributed by atoms with Crippen molar-refractivity contribution in [3.05, 3.63) is 29.8 Å². The Hall–Kier alpha value is -1.95. The fraction of sp³-hybridized carbons (Fsp3) is 0.632. The average molecular weight is 342 g/mol. The second-order valence-electron chi connectivity index (χ2n) is 7.81. The van der Waals surface area contributed by atoms with Gasteiger partial charge in [0.05, 0.1) is 18.1 Å². The molecule has 2 aromatic rings. The van der Waals surface area contributed by atoms with Gasteiger partial charge in [-0.2, -0.15) is 5.10 Å². The van der Waals surface area contributed by atoms with Crippen molar-refractivity contribution in [1.29, 1.82) is 0 Å². The van der Waals surface area contributed by atoms with Crippen LogP contribution >= 0.6 is 0 Å². The monoisotopic (exact) mass is 342 g/mol. The van der Waals surface area contributed by atoms with Crippen LogP contribution in [0.3, 0.4) is 0 Å². The quantitative estimate of drug-likeness (QED) is 0.905. The first kappa shape index (κ1) is 17.9. The second kappa shape index (κ2) is 7.52. The first-order valence-corrected chi connectivity index (χ1v) is 9.25. The maximum atomic E-state index is 4.69. The van der Waals surface area contributed by atoms with E-state index in [1.54, 1.807) is 12.4 Å². The molecular formula is C19H30N6. The zero-order chi connectivity index (χ0) is 18.0. The number of piperidine rings is 1. The number of anilines is 1. The lowest BCUT2D eigenvalue weighted by Crippen LogP contribution is -2.43.